The number of carbonyl (C=O) groups excluding carboxylic acids is 1. The lowest BCUT2D eigenvalue weighted by molar-refractivity contribution is -0.119. The lowest BCUT2D eigenvalue weighted by Gasteiger charge is -2.28. The summed E-state index contributed by atoms with van der Waals surface area (Å²) in [5, 5.41) is 2.81. The first-order valence-corrected chi connectivity index (χ1v) is 12.3. The Bertz CT molecular complexity index is 925. The van der Waals surface area contributed by atoms with Crippen LogP contribution in [0.15, 0.2) is 53.0 Å². The van der Waals surface area contributed by atoms with Crippen molar-refractivity contribution in [2.45, 2.75) is 25.8 Å². The van der Waals surface area contributed by atoms with E-state index in [2.05, 4.69) is 38.3 Å². The van der Waals surface area contributed by atoms with Crippen molar-refractivity contribution >= 4 is 43.2 Å². The summed E-state index contributed by atoms with van der Waals surface area (Å²) >= 11 is 3.33. The van der Waals surface area contributed by atoms with Crippen LogP contribution in [-0.2, 0) is 21.4 Å². The number of sulfonamides is 1. The van der Waals surface area contributed by atoms with E-state index in [1.807, 2.05) is 12.1 Å². The number of carbonyl (C=O) groups is 1. The number of anilines is 2. The van der Waals surface area contributed by atoms with Gasteiger partial charge in [0.05, 0.1) is 11.9 Å². The molecule has 1 heterocycles. The zero-order valence-electron chi connectivity index (χ0n) is 16.5. The third kappa shape index (κ3) is 6.21. The Morgan fingerprint density at radius 3 is 2.24 bits per heavy atom. The molecular formula is C21H26BrN3O3S. The summed E-state index contributed by atoms with van der Waals surface area (Å²) < 4.78 is 26.2. The molecule has 1 saturated heterocycles. The van der Waals surface area contributed by atoms with E-state index in [9.17, 15) is 13.2 Å². The molecule has 0 aliphatic carbocycles. The zero-order valence-corrected chi connectivity index (χ0v) is 18.9. The van der Waals surface area contributed by atoms with Crippen LogP contribution < -0.4 is 14.5 Å². The lowest BCUT2D eigenvalue weighted by Crippen LogP contribution is -2.40. The number of piperidine rings is 1. The zero-order chi connectivity index (χ0) is 20.9. The molecule has 0 atom stereocenters. The first-order chi connectivity index (χ1) is 13.8. The highest BCUT2D eigenvalue weighted by Crippen LogP contribution is 2.21. The number of nitrogens with zero attached hydrogens (tertiary/aromatic N) is 2. The van der Waals surface area contributed by atoms with Crippen molar-refractivity contribution in [1.82, 2.24) is 5.32 Å². The van der Waals surface area contributed by atoms with E-state index < -0.39 is 10.0 Å². The predicted octanol–water partition coefficient (Wildman–Crippen LogP) is 3.52. The maximum atomic E-state index is 12.4. The topological polar surface area (TPSA) is 69.7 Å². The second-order valence-corrected chi connectivity index (χ2v) is 10.1. The molecule has 8 heteroatoms. The summed E-state index contributed by atoms with van der Waals surface area (Å²) in [5.74, 6) is -0.349. The minimum Gasteiger partial charge on any atom is -0.372 e. The first-order valence-electron chi connectivity index (χ1n) is 9.67. The van der Waals surface area contributed by atoms with Gasteiger partial charge >= 0.3 is 0 Å². The number of hydrogen-bond acceptors (Lipinski definition) is 4. The van der Waals surface area contributed by atoms with Crippen LogP contribution >= 0.6 is 15.9 Å². The molecule has 0 bridgehead atoms. The van der Waals surface area contributed by atoms with Crippen LogP contribution in [0.4, 0.5) is 11.4 Å². The van der Waals surface area contributed by atoms with Crippen molar-refractivity contribution < 1.29 is 13.2 Å². The predicted molar refractivity (Wildman–Crippen MR) is 121 cm³/mol. The SMILES string of the molecule is CS(=O)(=O)N(CC(=O)NCc1ccc(N2CCCCC2)cc1)c1ccc(Br)cc1. The highest BCUT2D eigenvalue weighted by molar-refractivity contribution is 9.10. The van der Waals surface area contributed by atoms with Crippen LogP contribution in [0.3, 0.4) is 0 Å². The van der Waals surface area contributed by atoms with Gasteiger partial charge in [-0.1, -0.05) is 28.1 Å². The molecular weight excluding hydrogens is 454 g/mol. The molecule has 156 valence electrons. The van der Waals surface area contributed by atoms with E-state index >= 15 is 0 Å². The van der Waals surface area contributed by atoms with E-state index in [1.54, 1.807) is 24.3 Å². The van der Waals surface area contributed by atoms with Gasteiger partial charge in [-0.2, -0.15) is 0 Å². The third-order valence-corrected chi connectivity index (χ3v) is 6.62. The van der Waals surface area contributed by atoms with Crippen LogP contribution in [0.25, 0.3) is 0 Å². The van der Waals surface area contributed by atoms with Crippen molar-refractivity contribution in [3.63, 3.8) is 0 Å². The van der Waals surface area contributed by atoms with Gasteiger partial charge in [0.2, 0.25) is 15.9 Å². The van der Waals surface area contributed by atoms with Gasteiger partial charge in [-0.15, -0.1) is 0 Å². The Labute approximate surface area is 181 Å². The lowest BCUT2D eigenvalue weighted by atomic mass is 10.1. The molecule has 1 fully saturated rings. The van der Waals surface area contributed by atoms with Crippen molar-refractivity contribution in [2.24, 2.45) is 0 Å². The Hall–Kier alpha value is -2.06. The highest BCUT2D eigenvalue weighted by atomic mass is 79.9. The van der Waals surface area contributed by atoms with E-state index in [1.165, 1.54) is 24.9 Å². The Morgan fingerprint density at radius 2 is 1.66 bits per heavy atom. The summed E-state index contributed by atoms with van der Waals surface area (Å²) in [6.45, 7) is 2.28. The number of rotatable bonds is 7. The van der Waals surface area contributed by atoms with Crippen LogP contribution in [0.1, 0.15) is 24.8 Å². The van der Waals surface area contributed by atoms with Gasteiger partial charge in [0.25, 0.3) is 0 Å². The molecule has 29 heavy (non-hydrogen) atoms. The fraction of sp³-hybridized carbons (Fsp3) is 0.381. The van der Waals surface area contributed by atoms with E-state index in [4.69, 9.17) is 0 Å². The normalized spacial score (nSPS) is 14.5. The molecule has 0 aromatic heterocycles. The minimum absolute atomic E-state index is 0.258. The van der Waals surface area contributed by atoms with Gasteiger partial charge in [0.1, 0.15) is 6.54 Å². The van der Waals surface area contributed by atoms with Gasteiger partial charge in [-0.05, 0) is 61.2 Å². The van der Waals surface area contributed by atoms with E-state index in [0.29, 0.717) is 12.2 Å². The first kappa shape index (κ1) is 21.6. The Kier molecular flexibility index (Phi) is 7.18. The van der Waals surface area contributed by atoms with E-state index in [0.717, 1.165) is 33.7 Å². The number of amides is 1. The Balaban J connectivity index is 1.58. The molecule has 0 saturated carbocycles. The van der Waals surface area contributed by atoms with Crippen LogP contribution in [0.5, 0.6) is 0 Å². The smallest absolute Gasteiger partial charge is 0.241 e. The molecule has 3 rings (SSSR count). The molecule has 1 aliphatic heterocycles. The molecule has 2 aromatic carbocycles. The maximum Gasteiger partial charge on any atom is 0.241 e. The molecule has 1 amide bonds. The highest BCUT2D eigenvalue weighted by Gasteiger charge is 2.20. The van der Waals surface area contributed by atoms with Crippen LogP contribution in [-0.4, -0.2) is 40.2 Å². The molecule has 1 aliphatic rings. The molecule has 1 N–H and O–H groups in total. The molecule has 0 spiro atoms. The number of benzene rings is 2. The molecule has 2 aromatic rings. The minimum atomic E-state index is -3.58. The van der Waals surface area contributed by atoms with Crippen molar-refractivity contribution in [3.8, 4) is 0 Å². The summed E-state index contributed by atoms with van der Waals surface area (Å²) in [6, 6.07) is 15.0. The number of hydrogen-bond donors (Lipinski definition) is 1. The molecule has 0 unspecified atom stereocenters. The van der Waals surface area contributed by atoms with Crippen molar-refractivity contribution in [2.75, 3.05) is 35.1 Å². The second-order valence-electron chi connectivity index (χ2n) is 7.24. The standard InChI is InChI=1S/C21H26BrN3O3S/c1-29(27,28)25(20-11-7-18(22)8-12-20)16-21(26)23-15-17-5-9-19(10-6-17)24-13-3-2-4-14-24/h5-12H,2-4,13-16H2,1H3,(H,23,26). The van der Waals surface area contributed by atoms with Crippen LogP contribution in [0.2, 0.25) is 0 Å². The quantitative estimate of drug-likeness (QED) is 0.659. The fourth-order valence-electron chi connectivity index (χ4n) is 3.37. The van der Waals surface area contributed by atoms with Gasteiger partial charge in [0, 0.05) is 29.8 Å². The van der Waals surface area contributed by atoms with Crippen molar-refractivity contribution in [3.05, 3.63) is 58.6 Å². The number of nitrogens with one attached hydrogen (secondary N) is 1. The fourth-order valence-corrected chi connectivity index (χ4v) is 4.49. The van der Waals surface area contributed by atoms with Gasteiger partial charge in [-0.3, -0.25) is 9.10 Å². The van der Waals surface area contributed by atoms with Crippen LogP contribution in [0, 0.1) is 0 Å². The monoisotopic (exact) mass is 479 g/mol. The van der Waals surface area contributed by atoms with Gasteiger partial charge in [-0.25, -0.2) is 8.42 Å². The average molecular weight is 480 g/mol. The van der Waals surface area contributed by atoms with Gasteiger partial charge in [0.15, 0.2) is 0 Å². The second kappa shape index (κ2) is 9.63. The summed E-state index contributed by atoms with van der Waals surface area (Å²) in [4.78, 5) is 14.8. The Morgan fingerprint density at radius 1 is 1.03 bits per heavy atom. The number of halogens is 1. The summed E-state index contributed by atoms with van der Waals surface area (Å²) in [7, 11) is -3.58. The third-order valence-electron chi connectivity index (χ3n) is 4.95. The molecule has 6 nitrogen and oxygen atoms in total. The maximum absolute atomic E-state index is 12.4. The van der Waals surface area contributed by atoms with Gasteiger partial charge < -0.3 is 10.2 Å². The summed E-state index contributed by atoms with van der Waals surface area (Å²) in [6.07, 6.45) is 4.85. The van der Waals surface area contributed by atoms with E-state index in [-0.39, 0.29) is 12.5 Å². The summed E-state index contributed by atoms with van der Waals surface area (Å²) in [5.41, 5.74) is 2.64. The van der Waals surface area contributed by atoms with Crippen molar-refractivity contribution in [1.29, 1.82) is 0 Å². The average Bonchev–Trinajstić information content (AvgIpc) is 2.71. The largest absolute Gasteiger partial charge is 0.372 e. The molecule has 0 radical (unpaired) electrons.